The molecule has 4 nitrogen and oxygen atoms in total. The Balaban J connectivity index is 0. The molecule has 92 valence electrons. The van der Waals surface area contributed by atoms with Crippen LogP contribution in [0.2, 0.25) is 0 Å². The molecule has 1 atom stereocenters. The first-order chi connectivity index (χ1) is 6.95. The van der Waals surface area contributed by atoms with Crippen molar-refractivity contribution in [2.24, 2.45) is 0 Å². The first kappa shape index (κ1) is 19.2. The van der Waals surface area contributed by atoms with Crippen LogP contribution in [0.15, 0.2) is 0 Å². The maximum Gasteiger partial charge on any atom is 1.00 e. The molecule has 6 heteroatoms. The van der Waals surface area contributed by atoms with Gasteiger partial charge in [-0.05, 0) is 6.42 Å². The quantitative estimate of drug-likeness (QED) is 0.316. The van der Waals surface area contributed by atoms with Gasteiger partial charge in [0.15, 0.2) is 0 Å². The molecule has 0 fully saturated rings. The van der Waals surface area contributed by atoms with Gasteiger partial charge in [0.05, 0.1) is 22.0 Å². The van der Waals surface area contributed by atoms with E-state index in [4.69, 9.17) is 0 Å². The molecule has 0 aliphatic heterocycles. The molecule has 0 rings (SSSR count). The maximum absolute atomic E-state index is 10.3. The first-order valence-corrected chi connectivity index (χ1v) is 7.15. The van der Waals surface area contributed by atoms with Crippen LogP contribution >= 0.6 is 0 Å². The number of unbranched alkanes of at least 4 members (excludes halogenated alkanes) is 5. The predicted octanol–water partition coefficient (Wildman–Crippen LogP) is -1.35. The van der Waals surface area contributed by atoms with Crippen LogP contribution in [0.1, 0.15) is 51.9 Å². The predicted molar refractivity (Wildman–Crippen MR) is 58.6 cm³/mol. The summed E-state index contributed by atoms with van der Waals surface area (Å²) in [5.74, 6) is -0.651. The van der Waals surface area contributed by atoms with Crippen LogP contribution in [0.4, 0.5) is 0 Å². The molecule has 16 heavy (non-hydrogen) atoms. The van der Waals surface area contributed by atoms with E-state index in [1.165, 1.54) is 19.3 Å². The van der Waals surface area contributed by atoms with Gasteiger partial charge in [-0.2, -0.15) is 0 Å². The van der Waals surface area contributed by atoms with Crippen LogP contribution < -0.4 is 29.6 Å². The minimum Gasteiger partial charge on any atom is -0.748 e. The average Bonchev–Trinajstić information content (AvgIpc) is 2.08. The van der Waals surface area contributed by atoms with Crippen LogP contribution in [0.5, 0.6) is 0 Å². The van der Waals surface area contributed by atoms with E-state index in [1.807, 2.05) is 0 Å². The van der Waals surface area contributed by atoms with Crippen molar-refractivity contribution in [3.63, 3.8) is 0 Å². The Hall–Kier alpha value is 0.870. The molecule has 0 bridgehead atoms. The Morgan fingerprint density at radius 2 is 1.62 bits per heavy atom. The van der Waals surface area contributed by atoms with E-state index in [1.54, 1.807) is 0 Å². The van der Waals surface area contributed by atoms with E-state index in [-0.39, 0.29) is 29.6 Å². The minimum atomic E-state index is -4.27. The van der Waals surface area contributed by atoms with Crippen molar-refractivity contribution in [2.45, 2.75) is 58.0 Å². The number of hydrogen-bond acceptors (Lipinski definition) is 4. The van der Waals surface area contributed by atoms with Crippen LogP contribution in [0.25, 0.3) is 0 Å². The Kier molecular flexibility index (Phi) is 13.2. The second kappa shape index (κ2) is 11.0. The SMILES string of the molecule is CCCCCCCCC(O)CS(=O)(=O)[O-].[Na+]. The Labute approximate surface area is 121 Å². The summed E-state index contributed by atoms with van der Waals surface area (Å²) < 4.78 is 30.9. The zero-order valence-corrected chi connectivity index (χ0v) is 13.1. The summed E-state index contributed by atoms with van der Waals surface area (Å²) in [5.41, 5.74) is 0. The monoisotopic (exact) mass is 260 g/mol. The summed E-state index contributed by atoms with van der Waals surface area (Å²) in [5, 5.41) is 9.21. The summed E-state index contributed by atoms with van der Waals surface area (Å²) in [6.45, 7) is 2.14. The van der Waals surface area contributed by atoms with Gasteiger partial charge in [-0.25, -0.2) is 8.42 Å². The van der Waals surface area contributed by atoms with Gasteiger partial charge in [-0.15, -0.1) is 0 Å². The normalized spacial score (nSPS) is 13.2. The molecule has 0 heterocycles. The molecule has 0 aromatic rings. The van der Waals surface area contributed by atoms with E-state index >= 15 is 0 Å². The zero-order chi connectivity index (χ0) is 11.7. The van der Waals surface area contributed by atoms with Crippen LogP contribution in [-0.2, 0) is 10.1 Å². The number of aliphatic hydroxyl groups is 1. The Morgan fingerprint density at radius 3 is 2.12 bits per heavy atom. The van der Waals surface area contributed by atoms with Gasteiger partial charge in [0.25, 0.3) is 0 Å². The summed E-state index contributed by atoms with van der Waals surface area (Å²) in [6, 6.07) is 0. The Bertz CT molecular complexity index is 241. The third-order valence-corrected chi connectivity index (χ3v) is 3.08. The molecule has 0 aromatic heterocycles. The molecule has 0 saturated carbocycles. The summed E-state index contributed by atoms with van der Waals surface area (Å²) in [7, 11) is -4.27. The molecule has 0 aliphatic rings. The fourth-order valence-corrected chi connectivity index (χ4v) is 2.12. The van der Waals surface area contributed by atoms with Crippen molar-refractivity contribution >= 4 is 10.1 Å². The van der Waals surface area contributed by atoms with E-state index in [2.05, 4.69) is 6.92 Å². The van der Waals surface area contributed by atoms with Gasteiger partial charge in [-0.1, -0.05) is 45.4 Å². The second-order valence-corrected chi connectivity index (χ2v) is 5.38. The van der Waals surface area contributed by atoms with Gasteiger partial charge in [0.2, 0.25) is 0 Å². The van der Waals surface area contributed by atoms with Gasteiger partial charge in [0, 0.05) is 0 Å². The van der Waals surface area contributed by atoms with Crippen LogP contribution in [0, 0.1) is 0 Å². The van der Waals surface area contributed by atoms with Crippen LogP contribution in [-0.4, -0.2) is 29.9 Å². The van der Waals surface area contributed by atoms with Crippen molar-refractivity contribution in [3.8, 4) is 0 Å². The van der Waals surface area contributed by atoms with Crippen molar-refractivity contribution in [2.75, 3.05) is 5.75 Å². The average molecular weight is 260 g/mol. The molecular weight excluding hydrogens is 239 g/mol. The van der Waals surface area contributed by atoms with Gasteiger partial charge in [0.1, 0.15) is 0 Å². The summed E-state index contributed by atoms with van der Waals surface area (Å²) in [6.07, 6.45) is 5.93. The van der Waals surface area contributed by atoms with E-state index in [9.17, 15) is 18.1 Å². The topological polar surface area (TPSA) is 77.4 Å². The largest absolute Gasteiger partial charge is 1.00 e. The van der Waals surface area contributed by atoms with Crippen molar-refractivity contribution in [3.05, 3.63) is 0 Å². The molecule has 0 saturated heterocycles. The molecule has 0 spiro atoms. The molecule has 1 N–H and O–H groups in total. The zero-order valence-electron chi connectivity index (χ0n) is 10.3. The fraction of sp³-hybridized carbons (Fsp3) is 1.00. The van der Waals surface area contributed by atoms with Gasteiger partial charge in [-0.3, -0.25) is 0 Å². The van der Waals surface area contributed by atoms with Crippen molar-refractivity contribution in [1.82, 2.24) is 0 Å². The molecular formula is C10H21NaO4S. The first-order valence-electron chi connectivity index (χ1n) is 5.57. The molecule has 0 aromatic carbocycles. The molecule has 1 unspecified atom stereocenters. The fourth-order valence-electron chi connectivity index (χ4n) is 1.48. The maximum atomic E-state index is 10.3. The second-order valence-electron chi connectivity index (χ2n) is 3.93. The van der Waals surface area contributed by atoms with Crippen molar-refractivity contribution in [1.29, 1.82) is 0 Å². The number of rotatable bonds is 9. The smallest absolute Gasteiger partial charge is 0.748 e. The van der Waals surface area contributed by atoms with E-state index < -0.39 is 22.0 Å². The molecule has 0 radical (unpaired) electrons. The van der Waals surface area contributed by atoms with E-state index in [0.29, 0.717) is 6.42 Å². The van der Waals surface area contributed by atoms with E-state index in [0.717, 1.165) is 19.3 Å². The summed E-state index contributed by atoms with van der Waals surface area (Å²) in [4.78, 5) is 0. The van der Waals surface area contributed by atoms with Gasteiger partial charge < -0.3 is 9.66 Å². The van der Waals surface area contributed by atoms with Crippen molar-refractivity contribution < 1.29 is 47.6 Å². The third kappa shape index (κ3) is 14.9. The van der Waals surface area contributed by atoms with Gasteiger partial charge >= 0.3 is 29.6 Å². The molecule has 0 aliphatic carbocycles. The standard InChI is InChI=1S/C10H22O4S.Na/c1-2-3-4-5-6-7-8-10(11)9-15(12,13)14;/h10-11H,2-9H2,1H3,(H,12,13,14);/q;+1/p-1. The molecule has 0 amide bonds. The Morgan fingerprint density at radius 1 is 1.12 bits per heavy atom. The summed E-state index contributed by atoms with van der Waals surface area (Å²) >= 11 is 0. The van der Waals surface area contributed by atoms with Crippen LogP contribution in [0.3, 0.4) is 0 Å². The number of aliphatic hydroxyl groups excluding tert-OH is 1. The number of hydrogen-bond donors (Lipinski definition) is 1. The third-order valence-electron chi connectivity index (χ3n) is 2.29. The minimum absolute atomic E-state index is 0.